The maximum atomic E-state index is 13.6. The molecule has 1 aromatic carbocycles. The van der Waals surface area contributed by atoms with Gasteiger partial charge in [0.25, 0.3) is 0 Å². The summed E-state index contributed by atoms with van der Waals surface area (Å²) in [6.45, 7) is -0.483. The summed E-state index contributed by atoms with van der Waals surface area (Å²) in [5.74, 6) is -2.02. The van der Waals surface area contributed by atoms with E-state index in [-0.39, 0.29) is 11.3 Å². The zero-order chi connectivity index (χ0) is 22.1. The van der Waals surface area contributed by atoms with Gasteiger partial charge in [-0.2, -0.15) is 0 Å². The van der Waals surface area contributed by atoms with Crippen molar-refractivity contribution < 1.29 is 28.8 Å². The summed E-state index contributed by atoms with van der Waals surface area (Å²) < 4.78 is 34.5. The van der Waals surface area contributed by atoms with E-state index in [1.54, 1.807) is 18.5 Å². The van der Waals surface area contributed by atoms with Crippen molar-refractivity contribution >= 4 is 27.7 Å². The van der Waals surface area contributed by atoms with Crippen LogP contribution in [-0.4, -0.2) is 65.7 Å². The highest BCUT2D eigenvalue weighted by Crippen LogP contribution is 2.38. The molecular formula is C19H17BrF2N4O4S. The zero-order valence-electron chi connectivity index (χ0n) is 15.7. The van der Waals surface area contributed by atoms with Crippen LogP contribution in [0.3, 0.4) is 0 Å². The Balaban J connectivity index is 1.62. The van der Waals surface area contributed by atoms with Crippen LogP contribution in [-0.2, 0) is 4.74 Å². The summed E-state index contributed by atoms with van der Waals surface area (Å²) in [6.07, 6.45) is 1.10. The normalized spacial score (nSPS) is 26.2. The summed E-state index contributed by atoms with van der Waals surface area (Å²) >= 11 is 4.50. The molecule has 5 atom stereocenters. The molecule has 0 aliphatic carbocycles. The Kier molecular flexibility index (Phi) is 6.65. The molecule has 8 nitrogen and oxygen atoms in total. The Hall–Kier alpha value is -1.96. The molecule has 1 saturated heterocycles. The minimum Gasteiger partial charge on any atom is -0.394 e. The van der Waals surface area contributed by atoms with Crippen molar-refractivity contribution in [3.63, 3.8) is 0 Å². The Morgan fingerprint density at radius 2 is 1.94 bits per heavy atom. The second-order valence-electron chi connectivity index (χ2n) is 6.87. The minimum atomic E-state index is -1.29. The average Bonchev–Trinajstić information content (AvgIpc) is 3.22. The van der Waals surface area contributed by atoms with Gasteiger partial charge in [0, 0.05) is 27.3 Å². The van der Waals surface area contributed by atoms with E-state index >= 15 is 0 Å². The summed E-state index contributed by atoms with van der Waals surface area (Å²) in [6, 6.07) is 4.09. The fraction of sp³-hybridized carbons (Fsp3) is 0.316. The lowest BCUT2D eigenvalue weighted by molar-refractivity contribution is -0.178. The lowest BCUT2D eigenvalue weighted by Crippen LogP contribution is -2.55. The first-order valence-electron chi connectivity index (χ1n) is 9.14. The molecule has 0 amide bonds. The molecule has 0 bridgehead atoms. The van der Waals surface area contributed by atoms with E-state index in [0.717, 1.165) is 16.6 Å². The highest BCUT2D eigenvalue weighted by Gasteiger charge is 2.46. The van der Waals surface area contributed by atoms with Crippen LogP contribution in [0.2, 0.25) is 0 Å². The monoisotopic (exact) mass is 514 g/mol. The fourth-order valence-electron chi connectivity index (χ4n) is 3.28. The molecule has 1 aliphatic heterocycles. The average molecular weight is 515 g/mol. The van der Waals surface area contributed by atoms with E-state index in [1.165, 1.54) is 28.7 Å². The van der Waals surface area contributed by atoms with Gasteiger partial charge in [-0.25, -0.2) is 13.5 Å². The van der Waals surface area contributed by atoms with Crippen LogP contribution in [0.25, 0.3) is 11.3 Å². The number of ether oxygens (including phenoxy) is 1. The minimum absolute atomic E-state index is 0.228. The first-order chi connectivity index (χ1) is 14.9. The topological polar surface area (TPSA) is 114 Å². The number of hydrogen-bond acceptors (Lipinski definition) is 8. The van der Waals surface area contributed by atoms with Crippen LogP contribution in [0.4, 0.5) is 8.78 Å². The van der Waals surface area contributed by atoms with Crippen LogP contribution in [0.15, 0.2) is 52.2 Å². The van der Waals surface area contributed by atoms with Crippen molar-refractivity contribution in [1.29, 1.82) is 0 Å². The molecule has 12 heteroatoms. The van der Waals surface area contributed by atoms with Crippen molar-refractivity contribution in [2.75, 3.05) is 6.61 Å². The second kappa shape index (κ2) is 9.27. The third-order valence-corrected chi connectivity index (χ3v) is 6.36. The Morgan fingerprint density at radius 3 is 2.65 bits per heavy atom. The zero-order valence-corrected chi connectivity index (χ0v) is 18.1. The Labute approximate surface area is 188 Å². The smallest absolute Gasteiger partial charge is 0.159 e. The quantitative estimate of drug-likeness (QED) is 0.474. The summed E-state index contributed by atoms with van der Waals surface area (Å²) in [5, 5.41) is 39.2. The highest BCUT2D eigenvalue weighted by molar-refractivity contribution is 9.10. The maximum absolute atomic E-state index is 13.6. The molecule has 0 radical (unpaired) electrons. The van der Waals surface area contributed by atoms with Crippen molar-refractivity contribution in [1.82, 2.24) is 20.0 Å². The number of aromatic nitrogens is 4. The molecule has 31 heavy (non-hydrogen) atoms. The molecule has 1 fully saturated rings. The molecule has 3 unspecified atom stereocenters. The van der Waals surface area contributed by atoms with Gasteiger partial charge in [-0.05, 0) is 40.2 Å². The third-order valence-electron chi connectivity index (χ3n) is 4.81. The van der Waals surface area contributed by atoms with Crippen LogP contribution in [0.1, 0.15) is 6.04 Å². The first kappa shape index (κ1) is 22.2. The van der Waals surface area contributed by atoms with Gasteiger partial charge in [-0.1, -0.05) is 17.0 Å². The number of aliphatic hydroxyl groups excluding tert-OH is 3. The Morgan fingerprint density at radius 1 is 1.13 bits per heavy atom. The van der Waals surface area contributed by atoms with Crippen LogP contribution < -0.4 is 0 Å². The number of rotatable bonds is 5. The van der Waals surface area contributed by atoms with Crippen molar-refractivity contribution in [3.8, 4) is 11.3 Å². The summed E-state index contributed by atoms with van der Waals surface area (Å²) in [5.41, 5.74) is -0.339. The lowest BCUT2D eigenvalue weighted by Gasteiger charge is -2.41. The van der Waals surface area contributed by atoms with Gasteiger partial charge >= 0.3 is 0 Å². The van der Waals surface area contributed by atoms with E-state index in [4.69, 9.17) is 4.74 Å². The number of pyridine rings is 1. The number of aliphatic hydroxyl groups is 3. The van der Waals surface area contributed by atoms with Crippen LogP contribution >= 0.6 is 27.7 Å². The van der Waals surface area contributed by atoms with Gasteiger partial charge in [-0.15, -0.1) is 5.10 Å². The number of halogens is 3. The van der Waals surface area contributed by atoms with Gasteiger partial charge in [0.15, 0.2) is 11.6 Å². The maximum Gasteiger partial charge on any atom is 0.159 e. The van der Waals surface area contributed by atoms with Gasteiger partial charge < -0.3 is 20.1 Å². The molecule has 3 heterocycles. The number of benzene rings is 1. The predicted molar refractivity (Wildman–Crippen MR) is 110 cm³/mol. The third kappa shape index (κ3) is 4.64. The SMILES string of the molecule is OCC1O[C@H](Sc2cncc(Br)c2)C(O)C(n2cc(-c3ccc(F)c(F)c3)nn2)[C@H]1O. The van der Waals surface area contributed by atoms with Crippen molar-refractivity contribution in [2.24, 2.45) is 0 Å². The molecule has 0 saturated carbocycles. The van der Waals surface area contributed by atoms with E-state index in [2.05, 4.69) is 31.2 Å². The lowest BCUT2D eigenvalue weighted by atomic mass is 9.97. The standard InChI is InChI=1S/C19H17BrF2N4O4S/c20-10-4-11(6-23-5-10)31-19-18(29)16(17(28)15(8-27)30-19)26-7-14(24-25-26)9-1-2-12(21)13(22)3-9/h1-7,15-19,27-29H,8H2/t15?,16?,17-,18?,19+/m0/s1. The van der Waals surface area contributed by atoms with Crippen molar-refractivity contribution in [2.45, 2.75) is 34.7 Å². The molecule has 4 rings (SSSR count). The van der Waals surface area contributed by atoms with E-state index in [9.17, 15) is 24.1 Å². The van der Waals surface area contributed by atoms with Gasteiger partial charge in [0.2, 0.25) is 0 Å². The second-order valence-corrected chi connectivity index (χ2v) is 8.95. The molecule has 3 aromatic rings. The molecule has 1 aliphatic rings. The van der Waals surface area contributed by atoms with E-state index in [0.29, 0.717) is 4.90 Å². The number of thioether (sulfide) groups is 1. The van der Waals surface area contributed by atoms with Gasteiger partial charge in [-0.3, -0.25) is 4.98 Å². The Bertz CT molecular complexity index is 1070. The van der Waals surface area contributed by atoms with E-state index in [1.807, 2.05) is 0 Å². The van der Waals surface area contributed by atoms with Crippen LogP contribution in [0.5, 0.6) is 0 Å². The van der Waals surface area contributed by atoms with Gasteiger partial charge in [0.1, 0.15) is 35.5 Å². The summed E-state index contributed by atoms with van der Waals surface area (Å²) in [7, 11) is 0. The van der Waals surface area contributed by atoms with Gasteiger partial charge in [0.05, 0.1) is 12.8 Å². The number of hydrogen-bond donors (Lipinski definition) is 3. The molecule has 0 spiro atoms. The molecule has 3 N–H and O–H groups in total. The van der Waals surface area contributed by atoms with Crippen molar-refractivity contribution in [3.05, 3.63) is 59.0 Å². The van der Waals surface area contributed by atoms with E-state index < -0.39 is 48.0 Å². The summed E-state index contributed by atoms with van der Waals surface area (Å²) in [4.78, 5) is 4.77. The highest BCUT2D eigenvalue weighted by atomic mass is 79.9. The first-order valence-corrected chi connectivity index (χ1v) is 10.8. The predicted octanol–water partition coefficient (Wildman–Crippen LogP) is 2.15. The molecule has 2 aromatic heterocycles. The van der Waals surface area contributed by atoms with Crippen LogP contribution in [0, 0.1) is 11.6 Å². The molecular weight excluding hydrogens is 498 g/mol. The fourth-order valence-corrected chi connectivity index (χ4v) is 4.88. The molecule has 164 valence electrons. The number of nitrogens with zero attached hydrogens (tertiary/aromatic N) is 4. The largest absolute Gasteiger partial charge is 0.394 e.